The molecule has 1 aliphatic rings. The summed E-state index contributed by atoms with van der Waals surface area (Å²) in [6, 6.07) is 50.7. The van der Waals surface area contributed by atoms with Crippen LogP contribution >= 0.6 is 0 Å². The van der Waals surface area contributed by atoms with E-state index >= 15 is 0 Å². The Morgan fingerprint density at radius 3 is 2.23 bits per heavy atom. The minimum Gasteiger partial charge on any atom is -0.507 e. The Morgan fingerprint density at radius 1 is 0.636 bits per heavy atom. The van der Waals surface area contributed by atoms with E-state index in [0.29, 0.717) is 5.56 Å². The van der Waals surface area contributed by atoms with Gasteiger partial charge in [0, 0.05) is 28.2 Å². The van der Waals surface area contributed by atoms with Gasteiger partial charge < -0.3 is 15.7 Å². The highest BCUT2D eigenvalue weighted by Crippen LogP contribution is 2.39. The first-order valence-electron chi connectivity index (χ1n) is 14.6. The molecule has 0 aliphatic carbocycles. The van der Waals surface area contributed by atoms with Crippen LogP contribution in [-0.2, 0) is 0 Å². The van der Waals surface area contributed by atoms with Crippen molar-refractivity contribution in [1.82, 2.24) is 5.32 Å². The van der Waals surface area contributed by atoms with Gasteiger partial charge in [0.2, 0.25) is 0 Å². The number of benzene rings is 6. The summed E-state index contributed by atoms with van der Waals surface area (Å²) in [4.78, 5) is 0. The second kappa shape index (κ2) is 11.8. The second-order valence-corrected chi connectivity index (χ2v) is 10.9. The second-order valence-electron chi connectivity index (χ2n) is 10.9. The number of hydrogen-bond acceptors (Lipinski definition) is 5. The molecule has 0 bridgehead atoms. The van der Waals surface area contributed by atoms with Crippen LogP contribution in [0.4, 0.5) is 17.1 Å². The Morgan fingerprint density at radius 2 is 1.41 bits per heavy atom. The summed E-state index contributed by atoms with van der Waals surface area (Å²) in [6.45, 7) is 0. The number of aromatic hydroxyl groups is 1. The third kappa shape index (κ3) is 5.38. The number of nitriles is 1. The van der Waals surface area contributed by atoms with E-state index in [4.69, 9.17) is 0 Å². The lowest BCUT2D eigenvalue weighted by atomic mass is 9.92. The zero-order valence-electron chi connectivity index (χ0n) is 23.9. The maximum atomic E-state index is 10.5. The van der Waals surface area contributed by atoms with E-state index in [1.54, 1.807) is 6.07 Å². The van der Waals surface area contributed by atoms with Crippen LogP contribution in [0.3, 0.4) is 0 Å². The molecule has 0 saturated carbocycles. The number of fused-ring (bicyclic) bond motifs is 1. The number of rotatable bonds is 6. The first-order chi connectivity index (χ1) is 21.7. The van der Waals surface area contributed by atoms with E-state index < -0.39 is 0 Å². The van der Waals surface area contributed by atoms with Crippen LogP contribution in [0.15, 0.2) is 146 Å². The molecule has 0 spiro atoms. The van der Waals surface area contributed by atoms with E-state index in [9.17, 15) is 10.4 Å². The summed E-state index contributed by atoms with van der Waals surface area (Å²) in [5.74, 6) is 0.252. The van der Waals surface area contributed by atoms with Gasteiger partial charge in [-0.1, -0.05) is 103 Å². The standard InChI is InChI=1S/C39H30N4O/c40-25-26-9-8-12-30(23-26)38-34-14-4-6-15-35(34)42-39(43-38)28-17-20-31(21-18-28)41-36-24-29(33-13-5-7-16-37(33)44)19-22-32(36)27-10-2-1-3-11-27/h1-24,38-39,41-44H. The molecule has 0 radical (unpaired) electrons. The molecule has 0 aromatic heterocycles. The number of hydrogen-bond donors (Lipinski definition) is 4. The van der Waals surface area contributed by atoms with Gasteiger partial charge in [0.05, 0.1) is 17.7 Å². The molecular formula is C39H30N4O. The molecule has 1 heterocycles. The Kier molecular flexibility index (Phi) is 7.25. The fraction of sp³-hybridized carbons (Fsp3) is 0.0513. The molecule has 5 nitrogen and oxygen atoms in total. The maximum Gasteiger partial charge on any atom is 0.123 e. The fourth-order valence-corrected chi connectivity index (χ4v) is 5.89. The molecule has 0 saturated heterocycles. The summed E-state index contributed by atoms with van der Waals surface area (Å²) >= 11 is 0. The highest BCUT2D eigenvalue weighted by atomic mass is 16.3. The number of nitrogens with zero attached hydrogens (tertiary/aromatic N) is 1. The zero-order chi connectivity index (χ0) is 29.9. The van der Waals surface area contributed by atoms with Crippen molar-refractivity contribution in [2.45, 2.75) is 12.2 Å². The van der Waals surface area contributed by atoms with Gasteiger partial charge in [-0.15, -0.1) is 0 Å². The van der Waals surface area contributed by atoms with Gasteiger partial charge in [0.1, 0.15) is 11.9 Å². The fourth-order valence-electron chi connectivity index (χ4n) is 5.89. The average Bonchev–Trinajstić information content (AvgIpc) is 3.09. The van der Waals surface area contributed by atoms with Crippen molar-refractivity contribution in [2.75, 3.05) is 10.6 Å². The largest absolute Gasteiger partial charge is 0.507 e. The molecule has 6 aromatic rings. The Labute approximate surface area is 257 Å². The van der Waals surface area contributed by atoms with Crippen molar-refractivity contribution in [3.05, 3.63) is 168 Å². The molecule has 2 atom stereocenters. The van der Waals surface area contributed by atoms with Crippen molar-refractivity contribution in [3.63, 3.8) is 0 Å². The zero-order valence-corrected chi connectivity index (χ0v) is 23.9. The third-order valence-electron chi connectivity index (χ3n) is 8.10. The molecule has 0 fully saturated rings. The molecule has 7 rings (SSSR count). The van der Waals surface area contributed by atoms with Gasteiger partial charge >= 0.3 is 0 Å². The molecule has 4 N–H and O–H groups in total. The van der Waals surface area contributed by atoms with E-state index in [2.05, 4.69) is 88.7 Å². The number of nitrogens with one attached hydrogen (secondary N) is 3. The van der Waals surface area contributed by atoms with E-state index in [0.717, 1.165) is 56.0 Å². The first-order valence-corrected chi connectivity index (χ1v) is 14.6. The molecule has 5 heteroatoms. The quantitative estimate of drug-likeness (QED) is 0.161. The van der Waals surface area contributed by atoms with Crippen molar-refractivity contribution in [3.8, 4) is 34.1 Å². The molecule has 1 aliphatic heterocycles. The minimum absolute atomic E-state index is 0.0610. The van der Waals surface area contributed by atoms with Crippen LogP contribution in [0.2, 0.25) is 0 Å². The highest BCUT2D eigenvalue weighted by Gasteiger charge is 2.27. The lowest BCUT2D eigenvalue weighted by molar-refractivity contribution is 0.477. The molecule has 2 unspecified atom stereocenters. The van der Waals surface area contributed by atoms with Crippen molar-refractivity contribution >= 4 is 17.1 Å². The summed E-state index contributed by atoms with van der Waals surface area (Å²) < 4.78 is 0. The van der Waals surface area contributed by atoms with E-state index in [1.165, 1.54) is 0 Å². The molecular weight excluding hydrogens is 540 g/mol. The summed E-state index contributed by atoms with van der Waals surface area (Å²) in [5.41, 5.74) is 10.8. The molecule has 44 heavy (non-hydrogen) atoms. The lowest BCUT2D eigenvalue weighted by Crippen LogP contribution is -2.37. The minimum atomic E-state index is -0.126. The predicted octanol–water partition coefficient (Wildman–Crippen LogP) is 9.14. The average molecular weight is 571 g/mol. The van der Waals surface area contributed by atoms with Gasteiger partial charge in [-0.25, -0.2) is 0 Å². The number of phenolic OH excluding ortho intramolecular Hbond substituents is 1. The van der Waals surface area contributed by atoms with Gasteiger partial charge in [-0.05, 0) is 70.3 Å². The van der Waals surface area contributed by atoms with E-state index in [1.807, 2.05) is 72.8 Å². The van der Waals surface area contributed by atoms with Gasteiger partial charge in [-0.3, -0.25) is 5.32 Å². The van der Waals surface area contributed by atoms with Crippen molar-refractivity contribution in [1.29, 1.82) is 5.26 Å². The first kappa shape index (κ1) is 27.0. The Hall–Kier alpha value is -5.83. The molecule has 212 valence electrons. The number of phenols is 1. The van der Waals surface area contributed by atoms with Crippen molar-refractivity contribution in [2.24, 2.45) is 0 Å². The van der Waals surface area contributed by atoms with Crippen molar-refractivity contribution < 1.29 is 5.11 Å². The maximum absolute atomic E-state index is 10.5. The van der Waals surface area contributed by atoms with Gasteiger partial charge in [0.25, 0.3) is 0 Å². The monoisotopic (exact) mass is 570 g/mol. The number of para-hydroxylation sites is 2. The Bertz CT molecular complexity index is 1980. The summed E-state index contributed by atoms with van der Waals surface area (Å²) in [5, 5.41) is 31.1. The van der Waals surface area contributed by atoms with Crippen LogP contribution in [0.25, 0.3) is 22.3 Å². The Balaban J connectivity index is 1.19. The topological polar surface area (TPSA) is 80.1 Å². The van der Waals surface area contributed by atoms with Gasteiger partial charge in [-0.2, -0.15) is 5.26 Å². The molecule has 6 aromatic carbocycles. The van der Waals surface area contributed by atoms with Crippen LogP contribution < -0.4 is 16.0 Å². The van der Waals surface area contributed by atoms with Crippen LogP contribution in [-0.4, -0.2) is 5.11 Å². The molecule has 0 amide bonds. The third-order valence-corrected chi connectivity index (χ3v) is 8.10. The number of anilines is 3. The summed E-state index contributed by atoms with van der Waals surface area (Å²) in [7, 11) is 0. The lowest BCUT2D eigenvalue weighted by Gasteiger charge is -2.35. The normalized spacial score (nSPS) is 15.4. The summed E-state index contributed by atoms with van der Waals surface area (Å²) in [6.07, 6.45) is -0.126. The van der Waals surface area contributed by atoms with Crippen LogP contribution in [0, 0.1) is 11.3 Å². The van der Waals surface area contributed by atoms with E-state index in [-0.39, 0.29) is 18.0 Å². The van der Waals surface area contributed by atoms with Crippen LogP contribution in [0.1, 0.15) is 34.5 Å². The smallest absolute Gasteiger partial charge is 0.123 e. The highest BCUT2D eigenvalue weighted by molar-refractivity contribution is 5.86. The van der Waals surface area contributed by atoms with Crippen LogP contribution in [0.5, 0.6) is 5.75 Å². The van der Waals surface area contributed by atoms with Gasteiger partial charge in [0.15, 0.2) is 0 Å². The SMILES string of the molecule is N#Cc1cccc(C2NC(c3ccc(Nc4cc(-c5ccccc5O)ccc4-c4ccccc4)cc3)Nc3ccccc32)c1. The predicted molar refractivity (Wildman–Crippen MR) is 178 cm³/mol.